The van der Waals surface area contributed by atoms with E-state index in [-0.39, 0.29) is 42.8 Å². The molecule has 2 amide bonds. The van der Waals surface area contributed by atoms with Crippen LogP contribution in [-0.2, 0) is 19.1 Å². The Hall–Kier alpha value is -1.63. The number of hydrogen-bond donors (Lipinski definition) is 2. The number of carbonyl (C=O) groups is 3. The van der Waals surface area contributed by atoms with Gasteiger partial charge in [-0.2, -0.15) is 0 Å². The molecule has 0 saturated carbocycles. The highest BCUT2D eigenvalue weighted by Crippen LogP contribution is 2.29. The van der Waals surface area contributed by atoms with E-state index < -0.39 is 12.0 Å². The highest BCUT2D eigenvalue weighted by Gasteiger charge is 2.40. The largest absolute Gasteiger partial charge is 0.480 e. The third kappa shape index (κ3) is 4.69. The number of amides is 2. The van der Waals surface area contributed by atoms with Crippen molar-refractivity contribution < 1.29 is 24.2 Å². The smallest absolute Gasteiger partial charge is 0.326 e. The molecule has 1 rings (SSSR count). The summed E-state index contributed by atoms with van der Waals surface area (Å²) in [5.74, 6) is -1.61. The summed E-state index contributed by atoms with van der Waals surface area (Å²) in [6, 6.07) is -0.935. The van der Waals surface area contributed by atoms with Gasteiger partial charge in [0.25, 0.3) is 0 Å². The molecular weight excluding hydrogens is 288 g/mol. The lowest BCUT2D eigenvalue weighted by atomic mass is 9.91. The lowest BCUT2D eigenvalue weighted by Crippen LogP contribution is -2.50. The molecule has 126 valence electrons. The molecule has 1 heterocycles. The van der Waals surface area contributed by atoms with E-state index in [1.54, 1.807) is 0 Å². The summed E-state index contributed by atoms with van der Waals surface area (Å²) in [6.45, 7) is 7.75. The summed E-state index contributed by atoms with van der Waals surface area (Å²) in [4.78, 5) is 36.3. The Morgan fingerprint density at radius 3 is 2.45 bits per heavy atom. The quantitative estimate of drug-likeness (QED) is 0.713. The zero-order valence-electron chi connectivity index (χ0n) is 13.7. The maximum Gasteiger partial charge on any atom is 0.326 e. The van der Waals surface area contributed by atoms with Gasteiger partial charge in [0, 0.05) is 26.6 Å². The Labute approximate surface area is 131 Å². The van der Waals surface area contributed by atoms with Crippen molar-refractivity contribution in [1.82, 2.24) is 10.2 Å². The first-order chi connectivity index (χ1) is 10.3. The van der Waals surface area contributed by atoms with Crippen LogP contribution in [0.25, 0.3) is 0 Å². The predicted octanol–water partition coefficient (Wildman–Crippen LogP) is 0.485. The topological polar surface area (TPSA) is 95.9 Å². The summed E-state index contributed by atoms with van der Waals surface area (Å²) in [5.41, 5.74) is 0. The van der Waals surface area contributed by atoms with E-state index in [9.17, 15) is 19.5 Å². The van der Waals surface area contributed by atoms with E-state index in [1.807, 2.05) is 13.8 Å². The van der Waals surface area contributed by atoms with Gasteiger partial charge in [-0.1, -0.05) is 13.8 Å². The van der Waals surface area contributed by atoms with Crippen molar-refractivity contribution in [2.24, 2.45) is 11.8 Å². The van der Waals surface area contributed by atoms with E-state index in [0.29, 0.717) is 13.0 Å². The van der Waals surface area contributed by atoms with Crippen LogP contribution in [0, 0.1) is 11.8 Å². The standard InChI is InChI=1S/C15H26N2O5/c1-9(2)13-12(5-8-22-13)14(19)17(10(3)15(20)21)7-6-16-11(4)18/h9-10,12-13H,5-8H2,1-4H3,(H,16,18)(H,20,21). The number of ether oxygens (including phenoxy) is 1. The van der Waals surface area contributed by atoms with Crippen molar-refractivity contribution in [2.75, 3.05) is 19.7 Å². The van der Waals surface area contributed by atoms with E-state index >= 15 is 0 Å². The fourth-order valence-electron chi connectivity index (χ4n) is 2.73. The number of rotatable bonds is 7. The molecule has 22 heavy (non-hydrogen) atoms. The zero-order valence-corrected chi connectivity index (χ0v) is 13.7. The van der Waals surface area contributed by atoms with Gasteiger partial charge in [0.2, 0.25) is 11.8 Å². The molecule has 1 fully saturated rings. The molecule has 1 saturated heterocycles. The second-order valence-electron chi connectivity index (χ2n) is 6.00. The van der Waals surface area contributed by atoms with Gasteiger partial charge >= 0.3 is 5.97 Å². The minimum atomic E-state index is -1.06. The number of aliphatic carboxylic acids is 1. The molecule has 2 N–H and O–H groups in total. The number of nitrogens with one attached hydrogen (secondary N) is 1. The van der Waals surface area contributed by atoms with Crippen molar-refractivity contribution in [1.29, 1.82) is 0 Å². The Morgan fingerprint density at radius 1 is 1.32 bits per heavy atom. The molecule has 1 aliphatic rings. The summed E-state index contributed by atoms with van der Waals surface area (Å²) in [6.07, 6.45) is 0.418. The van der Waals surface area contributed by atoms with E-state index in [1.165, 1.54) is 18.7 Å². The SMILES string of the molecule is CC(=O)NCCN(C(=O)C1CCOC1C(C)C)C(C)C(=O)O. The summed E-state index contributed by atoms with van der Waals surface area (Å²) >= 11 is 0. The Bertz CT molecular complexity index is 424. The lowest BCUT2D eigenvalue weighted by Gasteiger charge is -2.31. The van der Waals surface area contributed by atoms with Gasteiger partial charge in [-0.25, -0.2) is 4.79 Å². The van der Waals surface area contributed by atoms with Crippen molar-refractivity contribution in [2.45, 2.75) is 46.3 Å². The van der Waals surface area contributed by atoms with Gasteiger partial charge in [-0.05, 0) is 19.3 Å². The molecular formula is C15H26N2O5. The van der Waals surface area contributed by atoms with Crippen LogP contribution in [0.5, 0.6) is 0 Å². The second kappa shape index (κ2) is 8.12. The molecule has 3 atom stereocenters. The molecule has 0 aromatic rings. The molecule has 0 spiro atoms. The van der Waals surface area contributed by atoms with Crippen molar-refractivity contribution in [3.63, 3.8) is 0 Å². The number of nitrogens with zero attached hydrogens (tertiary/aromatic N) is 1. The first-order valence-electron chi connectivity index (χ1n) is 7.65. The minimum Gasteiger partial charge on any atom is -0.480 e. The highest BCUT2D eigenvalue weighted by atomic mass is 16.5. The summed E-state index contributed by atoms with van der Waals surface area (Å²) < 4.78 is 5.62. The molecule has 0 aliphatic carbocycles. The normalized spacial score (nSPS) is 22.4. The first kappa shape index (κ1) is 18.4. The number of carbonyl (C=O) groups excluding carboxylic acids is 2. The van der Waals surface area contributed by atoms with E-state index in [0.717, 1.165) is 0 Å². The van der Waals surface area contributed by atoms with E-state index in [4.69, 9.17) is 4.74 Å². The van der Waals surface area contributed by atoms with Crippen LogP contribution < -0.4 is 5.32 Å². The lowest BCUT2D eigenvalue weighted by molar-refractivity contribution is -0.152. The predicted molar refractivity (Wildman–Crippen MR) is 80.2 cm³/mol. The second-order valence-corrected chi connectivity index (χ2v) is 6.00. The fraction of sp³-hybridized carbons (Fsp3) is 0.800. The molecule has 0 radical (unpaired) electrons. The van der Waals surface area contributed by atoms with Crippen molar-refractivity contribution in [3.8, 4) is 0 Å². The Morgan fingerprint density at radius 2 is 1.95 bits per heavy atom. The molecule has 7 nitrogen and oxygen atoms in total. The number of carboxylic acid groups (broad SMARTS) is 1. The first-order valence-corrected chi connectivity index (χ1v) is 7.65. The molecule has 0 aromatic carbocycles. The fourth-order valence-corrected chi connectivity index (χ4v) is 2.73. The molecule has 1 aliphatic heterocycles. The van der Waals surface area contributed by atoms with Crippen LogP contribution in [-0.4, -0.2) is 59.6 Å². The molecule has 0 aromatic heterocycles. The van der Waals surface area contributed by atoms with Crippen LogP contribution in [0.2, 0.25) is 0 Å². The van der Waals surface area contributed by atoms with Gasteiger partial charge in [0.1, 0.15) is 6.04 Å². The molecule has 0 bridgehead atoms. The average molecular weight is 314 g/mol. The van der Waals surface area contributed by atoms with Gasteiger partial charge < -0.3 is 20.1 Å². The van der Waals surface area contributed by atoms with Crippen LogP contribution in [0.4, 0.5) is 0 Å². The van der Waals surface area contributed by atoms with Crippen LogP contribution in [0.1, 0.15) is 34.1 Å². The minimum absolute atomic E-state index is 0.174. The van der Waals surface area contributed by atoms with Gasteiger partial charge in [0.05, 0.1) is 12.0 Å². The average Bonchev–Trinajstić information content (AvgIpc) is 2.91. The summed E-state index contributed by atoms with van der Waals surface area (Å²) in [5, 5.41) is 11.8. The van der Waals surface area contributed by atoms with Gasteiger partial charge in [-0.3, -0.25) is 9.59 Å². The Balaban J connectivity index is 2.82. The third-order valence-electron chi connectivity index (χ3n) is 3.94. The maximum absolute atomic E-state index is 12.8. The summed E-state index contributed by atoms with van der Waals surface area (Å²) in [7, 11) is 0. The van der Waals surface area contributed by atoms with Crippen molar-refractivity contribution >= 4 is 17.8 Å². The monoisotopic (exact) mass is 314 g/mol. The van der Waals surface area contributed by atoms with Crippen LogP contribution in [0.15, 0.2) is 0 Å². The van der Waals surface area contributed by atoms with Gasteiger partial charge in [0.15, 0.2) is 0 Å². The Kier molecular flexibility index (Phi) is 6.80. The number of hydrogen-bond acceptors (Lipinski definition) is 4. The molecule has 3 unspecified atom stereocenters. The highest BCUT2D eigenvalue weighted by molar-refractivity contribution is 5.85. The molecule has 7 heteroatoms. The van der Waals surface area contributed by atoms with E-state index in [2.05, 4.69) is 5.32 Å². The van der Waals surface area contributed by atoms with Crippen LogP contribution >= 0.6 is 0 Å². The number of carboxylic acids is 1. The van der Waals surface area contributed by atoms with Crippen LogP contribution in [0.3, 0.4) is 0 Å². The van der Waals surface area contributed by atoms with Gasteiger partial charge in [-0.15, -0.1) is 0 Å². The third-order valence-corrected chi connectivity index (χ3v) is 3.94. The maximum atomic E-state index is 12.8. The van der Waals surface area contributed by atoms with Crippen molar-refractivity contribution in [3.05, 3.63) is 0 Å². The zero-order chi connectivity index (χ0) is 16.9.